The van der Waals surface area contributed by atoms with Crippen LogP contribution in [0.15, 0.2) is 176 Å². The summed E-state index contributed by atoms with van der Waals surface area (Å²) in [6.45, 7) is 11.1. The van der Waals surface area contributed by atoms with E-state index in [0.29, 0.717) is 0 Å². The zero-order valence-corrected chi connectivity index (χ0v) is 35.3. The van der Waals surface area contributed by atoms with Crippen LogP contribution in [0.25, 0.3) is 39.5 Å². The second kappa shape index (κ2) is 13.9. The van der Waals surface area contributed by atoms with Gasteiger partial charge in [0.15, 0.2) is 17.2 Å². The number of anilines is 5. The fourth-order valence-electron chi connectivity index (χ4n) is 10.7. The Balaban J connectivity index is 0.885. The molecule has 0 amide bonds. The third-order valence-electron chi connectivity index (χ3n) is 13.6. The van der Waals surface area contributed by atoms with Crippen LogP contribution >= 0.6 is 0 Å². The minimum atomic E-state index is -0.176. The van der Waals surface area contributed by atoms with Crippen LogP contribution < -0.4 is 29.7 Å². The molecule has 62 heavy (non-hydrogen) atoms. The topological polar surface area (TPSA) is 24.9 Å². The molecule has 2 aliphatic heterocycles. The van der Waals surface area contributed by atoms with Gasteiger partial charge in [-0.1, -0.05) is 131 Å². The summed E-state index contributed by atoms with van der Waals surface area (Å²) in [5.74, 6) is 3.42. The van der Waals surface area contributed by atoms with Crippen molar-refractivity contribution in [1.29, 1.82) is 0 Å². The maximum atomic E-state index is 6.36. The first-order valence-electron chi connectivity index (χ1n) is 22.0. The van der Waals surface area contributed by atoms with Crippen molar-refractivity contribution < 1.29 is 9.47 Å². The van der Waals surface area contributed by atoms with Crippen LogP contribution in [0.1, 0.15) is 68.7 Å². The fraction of sp³-hybridized carbons (Fsp3) is 0.138. The van der Waals surface area contributed by atoms with E-state index in [1.54, 1.807) is 0 Å². The van der Waals surface area contributed by atoms with Gasteiger partial charge in [-0.25, -0.2) is 0 Å². The molecule has 7 aromatic rings. The normalized spacial score (nSPS) is 15.9. The Morgan fingerprint density at radius 2 is 1.21 bits per heavy atom. The summed E-state index contributed by atoms with van der Waals surface area (Å²) in [7, 11) is 0. The quantitative estimate of drug-likeness (QED) is 0.160. The molecular formula is C58H46N2O2. The lowest BCUT2D eigenvalue weighted by Gasteiger charge is -2.35. The highest BCUT2D eigenvalue weighted by Gasteiger charge is 2.37. The van der Waals surface area contributed by atoms with Crippen molar-refractivity contribution in [3.63, 3.8) is 0 Å². The minimum absolute atomic E-state index is 0.176. The summed E-state index contributed by atoms with van der Waals surface area (Å²) in [5.41, 5.74) is 19.8. The van der Waals surface area contributed by atoms with Crippen molar-refractivity contribution in [3.05, 3.63) is 208 Å². The molecule has 12 rings (SSSR count). The highest BCUT2D eigenvalue weighted by Crippen LogP contribution is 2.53. The summed E-state index contributed by atoms with van der Waals surface area (Å²) in [5, 5.41) is 2.75. The number of nitrogens with zero attached hydrogens (tertiary/aromatic N) is 2. The maximum Gasteiger partial charge on any atom is 0.151 e. The van der Waals surface area contributed by atoms with Gasteiger partial charge in [0.05, 0.1) is 22.8 Å². The van der Waals surface area contributed by atoms with Crippen molar-refractivity contribution in [2.45, 2.75) is 51.9 Å². The molecule has 0 saturated heterocycles. The number of hydrogen-bond acceptors (Lipinski definition) is 4. The predicted octanol–water partition coefficient (Wildman–Crippen LogP) is 14.1. The Kier molecular flexibility index (Phi) is 8.17. The Labute approximate surface area is 363 Å². The molecule has 300 valence electrons. The number of fused-ring (bicyclic) bond motifs is 9. The number of para-hydroxylation sites is 6. The third kappa shape index (κ3) is 5.39. The largest absolute Gasteiger partial charge is 0.453 e. The van der Waals surface area contributed by atoms with Gasteiger partial charge in [-0.2, -0.15) is 0 Å². The Hall–Kier alpha value is -7.30. The average molecular weight is 803 g/mol. The molecule has 0 fully saturated rings. The van der Waals surface area contributed by atoms with Crippen molar-refractivity contribution in [2.24, 2.45) is 0 Å². The first-order valence-corrected chi connectivity index (χ1v) is 22.0. The minimum Gasteiger partial charge on any atom is -0.453 e. The van der Waals surface area contributed by atoms with Gasteiger partial charge < -0.3 is 19.3 Å². The molecular weight excluding hydrogens is 757 g/mol. The van der Waals surface area contributed by atoms with Gasteiger partial charge in [-0.05, 0) is 152 Å². The van der Waals surface area contributed by atoms with Gasteiger partial charge in [0.1, 0.15) is 5.76 Å². The van der Waals surface area contributed by atoms with E-state index in [4.69, 9.17) is 9.47 Å². The molecule has 0 aromatic heterocycles. The van der Waals surface area contributed by atoms with Crippen LogP contribution in [0.4, 0.5) is 28.4 Å². The van der Waals surface area contributed by atoms with E-state index in [-0.39, 0.29) is 5.41 Å². The molecule has 4 nitrogen and oxygen atoms in total. The predicted molar refractivity (Wildman–Crippen MR) is 255 cm³/mol. The summed E-state index contributed by atoms with van der Waals surface area (Å²) in [6, 6.07) is 52.9. The van der Waals surface area contributed by atoms with Crippen LogP contribution in [0, 0.1) is 0 Å². The van der Waals surface area contributed by atoms with Gasteiger partial charge in [-0.3, -0.25) is 0 Å². The molecule has 0 atom stereocenters. The number of ether oxygens (including phenoxy) is 2. The second-order valence-corrected chi connectivity index (χ2v) is 17.5. The third-order valence-corrected chi connectivity index (χ3v) is 13.6. The lowest BCUT2D eigenvalue weighted by atomic mass is 9.81. The lowest BCUT2D eigenvalue weighted by molar-refractivity contribution is 0.424. The average Bonchev–Trinajstić information content (AvgIpc) is 3.75. The van der Waals surface area contributed by atoms with Crippen LogP contribution in [-0.2, 0) is 5.41 Å². The van der Waals surface area contributed by atoms with Gasteiger partial charge >= 0.3 is 0 Å². The van der Waals surface area contributed by atoms with Gasteiger partial charge in [-0.15, -0.1) is 0 Å². The van der Waals surface area contributed by atoms with Gasteiger partial charge in [0.25, 0.3) is 0 Å². The number of benzene rings is 7. The first kappa shape index (κ1) is 36.5. The van der Waals surface area contributed by atoms with Crippen LogP contribution in [-0.4, -0.2) is 0 Å². The van der Waals surface area contributed by atoms with E-state index in [0.717, 1.165) is 82.8 Å². The standard InChI is InChI=1S/C58H46N2O2/c1-5-14-49-53(6-2)61-54-20-10-7-17-50(54)60(49)39-28-32-43-42-29-24-36(33-47(42)58(3,4)48(43)35-39)23-25-37-26-30-45-41-31-27-38(34-46(41)44-16-13-15-40(37)57(44)45)59-51-18-8-11-21-55(51)62-56-22-12-9-19-52(56)59/h6-13,15-25,27-29,31-35H,2,5,14,26,30H2,1,3-4H3/b25-23+. The molecule has 4 heteroatoms. The first-order chi connectivity index (χ1) is 30.4. The zero-order valence-electron chi connectivity index (χ0n) is 35.3. The van der Waals surface area contributed by atoms with Crippen molar-refractivity contribution >= 4 is 45.7 Å². The van der Waals surface area contributed by atoms with Crippen LogP contribution in [0.3, 0.4) is 0 Å². The van der Waals surface area contributed by atoms with Gasteiger partial charge in [0.2, 0.25) is 0 Å². The van der Waals surface area contributed by atoms with E-state index < -0.39 is 0 Å². The molecule has 3 aliphatic carbocycles. The van der Waals surface area contributed by atoms with Crippen LogP contribution in [0.2, 0.25) is 0 Å². The molecule has 0 unspecified atom stereocenters. The summed E-state index contributed by atoms with van der Waals surface area (Å²) in [4.78, 5) is 4.73. The van der Waals surface area contributed by atoms with E-state index >= 15 is 0 Å². The van der Waals surface area contributed by atoms with E-state index in [1.807, 2.05) is 30.3 Å². The molecule has 7 aromatic carbocycles. The number of hydrogen-bond donors (Lipinski definition) is 0. The fourth-order valence-corrected chi connectivity index (χ4v) is 10.7. The molecule has 0 bridgehead atoms. The number of rotatable bonds is 7. The summed E-state index contributed by atoms with van der Waals surface area (Å²) in [6.07, 6.45) is 10.5. The Morgan fingerprint density at radius 3 is 1.92 bits per heavy atom. The maximum absolute atomic E-state index is 6.36. The zero-order chi connectivity index (χ0) is 41.7. The van der Waals surface area contributed by atoms with E-state index in [9.17, 15) is 0 Å². The molecule has 0 spiro atoms. The smallest absolute Gasteiger partial charge is 0.151 e. The SMILES string of the molecule is C=CC1=C(CCC)N(c2ccc3c(c2)C(C)(C)c2cc(/C=C/C4=c5cccc6c5=C(CC4)c4ccc(N5c7ccccc7Oc7ccccc75)cc4-6)ccc2-3)c2ccccc2O1. The van der Waals surface area contributed by atoms with Crippen molar-refractivity contribution in [2.75, 3.05) is 9.80 Å². The van der Waals surface area contributed by atoms with Crippen LogP contribution in [0.5, 0.6) is 17.2 Å². The van der Waals surface area contributed by atoms with Crippen molar-refractivity contribution in [1.82, 2.24) is 0 Å². The Bertz CT molecular complexity index is 3230. The van der Waals surface area contributed by atoms with Crippen molar-refractivity contribution in [3.8, 4) is 39.5 Å². The van der Waals surface area contributed by atoms with E-state index in [2.05, 4.69) is 171 Å². The highest BCUT2D eigenvalue weighted by atomic mass is 16.5. The summed E-state index contributed by atoms with van der Waals surface area (Å²) >= 11 is 0. The molecule has 5 aliphatic rings. The number of allylic oxidation sites excluding steroid dienone is 3. The Morgan fingerprint density at radius 1 is 0.581 bits per heavy atom. The van der Waals surface area contributed by atoms with E-state index in [1.165, 1.54) is 66.1 Å². The molecule has 0 N–H and O–H groups in total. The lowest BCUT2D eigenvalue weighted by Crippen LogP contribution is -2.31. The molecule has 0 radical (unpaired) electrons. The summed E-state index contributed by atoms with van der Waals surface area (Å²) < 4.78 is 12.7. The molecule has 0 saturated carbocycles. The highest BCUT2D eigenvalue weighted by molar-refractivity contribution is 5.96. The molecule has 2 heterocycles. The second-order valence-electron chi connectivity index (χ2n) is 17.5. The van der Waals surface area contributed by atoms with Gasteiger partial charge in [0, 0.05) is 16.8 Å². The monoisotopic (exact) mass is 802 g/mol.